The van der Waals surface area contributed by atoms with Gasteiger partial charge in [0.05, 0.1) is 0 Å². The van der Waals surface area contributed by atoms with E-state index in [1.807, 2.05) is 0 Å². The first kappa shape index (κ1) is 10.5. The molecule has 82 valence electrons. The lowest BCUT2D eigenvalue weighted by Crippen LogP contribution is -2.30. The Balaban J connectivity index is 2.17. The van der Waals surface area contributed by atoms with E-state index in [4.69, 9.17) is 5.11 Å². The maximum atomic E-state index is 9.02. The molecule has 1 aliphatic heterocycles. The van der Waals surface area contributed by atoms with Crippen LogP contribution in [0, 0.1) is 0 Å². The van der Waals surface area contributed by atoms with Gasteiger partial charge in [0.15, 0.2) is 0 Å². The minimum absolute atomic E-state index is 0.241. The molecule has 1 aromatic rings. The minimum atomic E-state index is 0.241. The first-order chi connectivity index (χ1) is 7.42. The number of benzene rings is 1. The van der Waals surface area contributed by atoms with Gasteiger partial charge in [0.1, 0.15) is 0 Å². The summed E-state index contributed by atoms with van der Waals surface area (Å²) in [6.07, 6.45) is 4.73. The molecule has 1 heterocycles. The Morgan fingerprint density at radius 3 is 2.53 bits per heavy atom. The van der Waals surface area contributed by atoms with Gasteiger partial charge in [-0.15, -0.1) is 0 Å². The normalized spacial score (nSPS) is 16.7. The summed E-state index contributed by atoms with van der Waals surface area (Å²) in [5.41, 5.74) is 2.60. The summed E-state index contributed by atoms with van der Waals surface area (Å²) < 4.78 is 0. The summed E-state index contributed by atoms with van der Waals surface area (Å²) in [4.78, 5) is 2.45. The lowest BCUT2D eigenvalue weighted by molar-refractivity contribution is 0.299. The second-order valence-corrected chi connectivity index (χ2v) is 4.15. The fourth-order valence-corrected chi connectivity index (χ4v) is 2.29. The number of piperidine rings is 1. The van der Waals surface area contributed by atoms with E-state index in [1.54, 1.807) is 0 Å². The Bertz CT molecular complexity index is 305. The topological polar surface area (TPSA) is 23.5 Å². The van der Waals surface area contributed by atoms with Crippen molar-refractivity contribution >= 4 is 5.69 Å². The zero-order chi connectivity index (χ0) is 10.5. The van der Waals surface area contributed by atoms with Crippen LogP contribution in [0.4, 0.5) is 5.69 Å². The zero-order valence-electron chi connectivity index (χ0n) is 9.15. The van der Waals surface area contributed by atoms with E-state index < -0.39 is 0 Å². The van der Waals surface area contributed by atoms with E-state index in [0.717, 1.165) is 6.42 Å². The highest BCUT2D eigenvalue weighted by Gasteiger charge is 2.13. The van der Waals surface area contributed by atoms with Crippen LogP contribution in [-0.2, 0) is 6.42 Å². The summed E-state index contributed by atoms with van der Waals surface area (Å²) in [5.74, 6) is 0. The van der Waals surface area contributed by atoms with E-state index in [9.17, 15) is 0 Å². The molecule has 0 spiro atoms. The second-order valence-electron chi connectivity index (χ2n) is 4.15. The van der Waals surface area contributed by atoms with E-state index in [2.05, 4.69) is 29.2 Å². The number of hydrogen-bond acceptors (Lipinski definition) is 2. The van der Waals surface area contributed by atoms with Crippen molar-refractivity contribution in [3.8, 4) is 0 Å². The van der Waals surface area contributed by atoms with Crippen molar-refractivity contribution in [3.05, 3.63) is 29.8 Å². The monoisotopic (exact) mass is 205 g/mol. The molecule has 0 atom stereocenters. The van der Waals surface area contributed by atoms with Gasteiger partial charge in [-0.2, -0.15) is 0 Å². The van der Waals surface area contributed by atoms with Crippen molar-refractivity contribution in [2.45, 2.75) is 25.7 Å². The van der Waals surface area contributed by atoms with Gasteiger partial charge in [-0.1, -0.05) is 18.2 Å². The zero-order valence-corrected chi connectivity index (χ0v) is 9.15. The molecule has 0 aromatic heterocycles. The Hall–Kier alpha value is -1.02. The van der Waals surface area contributed by atoms with Crippen molar-refractivity contribution in [2.24, 2.45) is 0 Å². The third kappa shape index (κ3) is 2.51. The Kier molecular flexibility index (Phi) is 3.62. The highest BCUT2D eigenvalue weighted by molar-refractivity contribution is 5.54. The minimum Gasteiger partial charge on any atom is -0.396 e. The van der Waals surface area contributed by atoms with Crippen LogP contribution in [-0.4, -0.2) is 24.8 Å². The quantitative estimate of drug-likeness (QED) is 0.818. The summed E-state index contributed by atoms with van der Waals surface area (Å²) in [6.45, 7) is 2.58. The first-order valence-corrected chi connectivity index (χ1v) is 5.85. The lowest BCUT2D eigenvalue weighted by atomic mass is 10.1. The summed E-state index contributed by atoms with van der Waals surface area (Å²) in [5, 5.41) is 9.02. The molecule has 0 aliphatic carbocycles. The summed E-state index contributed by atoms with van der Waals surface area (Å²) in [6, 6.07) is 8.44. The molecule has 0 radical (unpaired) electrons. The standard InChI is InChI=1S/C13H19NO/c15-11-8-12-6-2-3-7-13(12)14-9-4-1-5-10-14/h2-3,6-7,15H,1,4-5,8-11H2. The maximum Gasteiger partial charge on any atom is 0.0472 e. The predicted molar refractivity (Wildman–Crippen MR) is 63.3 cm³/mol. The largest absolute Gasteiger partial charge is 0.396 e. The summed E-state index contributed by atoms with van der Waals surface area (Å²) in [7, 11) is 0. The highest BCUT2D eigenvalue weighted by atomic mass is 16.2. The first-order valence-electron chi connectivity index (χ1n) is 5.85. The number of nitrogens with zero attached hydrogens (tertiary/aromatic N) is 1. The van der Waals surface area contributed by atoms with Crippen LogP contribution in [0.25, 0.3) is 0 Å². The number of hydrogen-bond donors (Lipinski definition) is 1. The average molecular weight is 205 g/mol. The fourth-order valence-electron chi connectivity index (χ4n) is 2.29. The molecule has 2 heteroatoms. The molecule has 15 heavy (non-hydrogen) atoms. The van der Waals surface area contributed by atoms with Crippen LogP contribution < -0.4 is 4.90 Å². The molecule has 0 bridgehead atoms. The van der Waals surface area contributed by atoms with E-state index in [1.165, 1.54) is 43.6 Å². The van der Waals surface area contributed by atoms with Crippen molar-refractivity contribution in [2.75, 3.05) is 24.6 Å². The van der Waals surface area contributed by atoms with Gasteiger partial charge in [0, 0.05) is 25.4 Å². The maximum absolute atomic E-state index is 9.02. The molecule has 1 fully saturated rings. The van der Waals surface area contributed by atoms with Crippen molar-refractivity contribution in [1.82, 2.24) is 0 Å². The molecule has 1 N–H and O–H groups in total. The van der Waals surface area contributed by atoms with E-state index in [0.29, 0.717) is 0 Å². The fraction of sp³-hybridized carbons (Fsp3) is 0.538. The molecular weight excluding hydrogens is 186 g/mol. The average Bonchev–Trinajstić information content (AvgIpc) is 2.31. The van der Waals surface area contributed by atoms with Gasteiger partial charge in [-0.25, -0.2) is 0 Å². The molecule has 1 saturated heterocycles. The summed E-state index contributed by atoms with van der Waals surface area (Å²) >= 11 is 0. The molecule has 1 aromatic carbocycles. The van der Waals surface area contributed by atoms with Crippen LogP contribution in [0.15, 0.2) is 24.3 Å². The van der Waals surface area contributed by atoms with Crippen LogP contribution in [0.3, 0.4) is 0 Å². The van der Waals surface area contributed by atoms with Crippen molar-refractivity contribution in [3.63, 3.8) is 0 Å². The molecule has 2 rings (SSSR count). The van der Waals surface area contributed by atoms with Gasteiger partial charge < -0.3 is 10.0 Å². The van der Waals surface area contributed by atoms with Gasteiger partial charge >= 0.3 is 0 Å². The third-order valence-corrected chi connectivity index (χ3v) is 3.07. The van der Waals surface area contributed by atoms with Crippen molar-refractivity contribution in [1.29, 1.82) is 0 Å². The predicted octanol–water partition coefficient (Wildman–Crippen LogP) is 2.21. The van der Waals surface area contributed by atoms with Crippen LogP contribution in [0.2, 0.25) is 0 Å². The number of anilines is 1. The number of aliphatic hydroxyl groups excluding tert-OH is 1. The van der Waals surface area contributed by atoms with Crippen molar-refractivity contribution < 1.29 is 5.11 Å². The highest BCUT2D eigenvalue weighted by Crippen LogP contribution is 2.24. The van der Waals surface area contributed by atoms with Gasteiger partial charge in [0.2, 0.25) is 0 Å². The van der Waals surface area contributed by atoms with Crippen LogP contribution >= 0.6 is 0 Å². The number of aliphatic hydroxyl groups is 1. The second kappa shape index (κ2) is 5.17. The Labute approximate surface area is 91.5 Å². The molecule has 0 amide bonds. The molecule has 1 aliphatic rings. The van der Waals surface area contributed by atoms with Gasteiger partial charge in [-0.05, 0) is 37.3 Å². The molecular formula is C13H19NO. The van der Waals surface area contributed by atoms with Gasteiger partial charge in [0.25, 0.3) is 0 Å². The Morgan fingerprint density at radius 1 is 1.07 bits per heavy atom. The number of rotatable bonds is 3. The third-order valence-electron chi connectivity index (χ3n) is 3.07. The Morgan fingerprint density at radius 2 is 1.80 bits per heavy atom. The van der Waals surface area contributed by atoms with Crippen LogP contribution in [0.5, 0.6) is 0 Å². The molecule has 2 nitrogen and oxygen atoms in total. The van der Waals surface area contributed by atoms with Crippen LogP contribution in [0.1, 0.15) is 24.8 Å². The van der Waals surface area contributed by atoms with E-state index in [-0.39, 0.29) is 6.61 Å². The SMILES string of the molecule is OCCc1ccccc1N1CCCCC1. The smallest absolute Gasteiger partial charge is 0.0472 e. The van der Waals surface area contributed by atoms with E-state index >= 15 is 0 Å². The lowest BCUT2D eigenvalue weighted by Gasteiger charge is -2.30. The molecule has 0 unspecified atom stereocenters. The molecule has 0 saturated carbocycles. The van der Waals surface area contributed by atoms with Gasteiger partial charge in [-0.3, -0.25) is 0 Å². The number of para-hydroxylation sites is 1.